The molecule has 0 saturated heterocycles. The van der Waals surface area contributed by atoms with Gasteiger partial charge in [0.15, 0.2) is 0 Å². The van der Waals surface area contributed by atoms with Gasteiger partial charge in [-0.2, -0.15) is 0 Å². The van der Waals surface area contributed by atoms with E-state index >= 15 is 0 Å². The lowest BCUT2D eigenvalue weighted by Crippen LogP contribution is -2.29. The van der Waals surface area contributed by atoms with E-state index in [9.17, 15) is 4.39 Å². The van der Waals surface area contributed by atoms with Crippen molar-refractivity contribution in [3.63, 3.8) is 0 Å². The smallest absolute Gasteiger partial charge is 0.124 e. The summed E-state index contributed by atoms with van der Waals surface area (Å²) in [5.74, 6) is 5.40. The van der Waals surface area contributed by atoms with Gasteiger partial charge >= 0.3 is 0 Å². The number of nitrogens with two attached hydrogens (primary N) is 1. The molecule has 0 radical (unpaired) electrons. The third kappa shape index (κ3) is 4.03. The zero-order valence-electron chi connectivity index (χ0n) is 10.9. The molecule has 1 aromatic rings. The molecule has 1 aromatic carbocycles. The molecular weight excluding hydrogens is 243 g/mol. The zero-order chi connectivity index (χ0) is 13.7. The summed E-state index contributed by atoms with van der Waals surface area (Å²) in [5.41, 5.74) is 7.04. The van der Waals surface area contributed by atoms with E-state index in [-0.39, 0.29) is 19.0 Å². The molecule has 0 aromatic heterocycles. The molecule has 1 aliphatic rings. The monoisotopic (exact) mass is 262 g/mol. The molecule has 0 heterocycles. The number of aliphatic hydroxyl groups excluding tert-OH is 1. The summed E-state index contributed by atoms with van der Waals surface area (Å²) < 4.78 is 13.3. The lowest BCUT2D eigenvalue weighted by atomic mass is 10.1. The van der Waals surface area contributed by atoms with Gasteiger partial charge < -0.3 is 10.8 Å². The average Bonchev–Trinajstić information content (AvgIpc) is 3.22. The normalized spacial score (nSPS) is 14.3. The molecule has 0 bridgehead atoms. The number of benzene rings is 1. The summed E-state index contributed by atoms with van der Waals surface area (Å²) in [4.78, 5) is 2.22. The first-order chi connectivity index (χ1) is 9.24. The highest BCUT2D eigenvalue weighted by Gasteiger charge is 2.28. The molecule has 4 heteroatoms. The standard InChI is InChI=1S/C15H19FN2O/c16-14-4-3-13(12(10-14)2-1-7-17)11-18(8-9-19)15-5-6-15/h3-4,10,15,19H,5-9,11,17H2. The number of rotatable bonds is 5. The molecule has 3 nitrogen and oxygen atoms in total. The van der Waals surface area contributed by atoms with Gasteiger partial charge in [-0.05, 0) is 30.5 Å². The molecular formula is C15H19FN2O. The van der Waals surface area contributed by atoms with Gasteiger partial charge in [0.1, 0.15) is 5.82 Å². The molecule has 0 unspecified atom stereocenters. The molecule has 2 rings (SSSR count). The van der Waals surface area contributed by atoms with Crippen molar-refractivity contribution in [3.8, 4) is 11.8 Å². The molecule has 19 heavy (non-hydrogen) atoms. The number of hydrogen-bond acceptors (Lipinski definition) is 3. The van der Waals surface area contributed by atoms with E-state index in [4.69, 9.17) is 10.8 Å². The van der Waals surface area contributed by atoms with E-state index in [0.717, 1.165) is 5.56 Å². The maximum Gasteiger partial charge on any atom is 0.124 e. The fraction of sp³-hybridized carbons (Fsp3) is 0.467. The van der Waals surface area contributed by atoms with Crippen LogP contribution in [0, 0.1) is 17.7 Å². The minimum atomic E-state index is -0.287. The second kappa shape index (κ2) is 6.67. The summed E-state index contributed by atoms with van der Waals surface area (Å²) in [5, 5.41) is 9.10. The Kier molecular flexibility index (Phi) is 4.92. The predicted molar refractivity (Wildman–Crippen MR) is 72.9 cm³/mol. The van der Waals surface area contributed by atoms with Crippen LogP contribution in [0.3, 0.4) is 0 Å². The molecule has 3 N–H and O–H groups in total. The Labute approximate surface area is 113 Å². The predicted octanol–water partition coefficient (Wildman–Crippen LogP) is 1.09. The fourth-order valence-electron chi connectivity index (χ4n) is 2.13. The third-order valence-electron chi connectivity index (χ3n) is 3.22. The van der Waals surface area contributed by atoms with Crippen molar-refractivity contribution in [1.29, 1.82) is 0 Å². The first-order valence-corrected chi connectivity index (χ1v) is 6.57. The Morgan fingerprint density at radius 3 is 2.84 bits per heavy atom. The SMILES string of the molecule is NCC#Cc1cc(F)ccc1CN(CCO)C1CC1. The fourth-order valence-corrected chi connectivity index (χ4v) is 2.13. The van der Waals surface area contributed by atoms with Crippen LogP contribution >= 0.6 is 0 Å². The Balaban J connectivity index is 2.17. The molecule has 102 valence electrons. The van der Waals surface area contributed by atoms with E-state index < -0.39 is 0 Å². The molecule has 0 aliphatic heterocycles. The third-order valence-corrected chi connectivity index (χ3v) is 3.22. The van der Waals surface area contributed by atoms with Gasteiger partial charge in [-0.15, -0.1) is 0 Å². The Morgan fingerprint density at radius 2 is 2.21 bits per heavy atom. The summed E-state index contributed by atoms with van der Waals surface area (Å²) in [6.45, 7) is 1.74. The van der Waals surface area contributed by atoms with Gasteiger partial charge in [0.25, 0.3) is 0 Å². The zero-order valence-corrected chi connectivity index (χ0v) is 10.9. The minimum Gasteiger partial charge on any atom is -0.395 e. The number of halogens is 1. The quantitative estimate of drug-likeness (QED) is 0.781. The second-order valence-electron chi connectivity index (χ2n) is 4.73. The van der Waals surface area contributed by atoms with Gasteiger partial charge in [-0.3, -0.25) is 4.90 Å². The summed E-state index contributed by atoms with van der Waals surface area (Å²) >= 11 is 0. The number of nitrogens with zero attached hydrogens (tertiary/aromatic N) is 1. The van der Waals surface area contributed by atoms with E-state index in [0.29, 0.717) is 24.7 Å². The van der Waals surface area contributed by atoms with E-state index in [1.54, 1.807) is 6.07 Å². The Hall–Kier alpha value is -1.41. The van der Waals surface area contributed by atoms with Crippen molar-refractivity contribution in [1.82, 2.24) is 4.90 Å². The van der Waals surface area contributed by atoms with E-state index in [2.05, 4.69) is 16.7 Å². The second-order valence-corrected chi connectivity index (χ2v) is 4.73. The van der Waals surface area contributed by atoms with Crippen LogP contribution in [0.2, 0.25) is 0 Å². The molecule has 1 fully saturated rings. The molecule has 0 spiro atoms. The molecule has 0 amide bonds. The van der Waals surface area contributed by atoms with Gasteiger partial charge in [0.05, 0.1) is 13.2 Å². The Morgan fingerprint density at radius 1 is 1.42 bits per heavy atom. The van der Waals surface area contributed by atoms with Crippen LogP contribution in [0.1, 0.15) is 24.0 Å². The number of aliphatic hydroxyl groups is 1. The first kappa shape index (κ1) is 14.0. The van der Waals surface area contributed by atoms with Crippen molar-refractivity contribution in [3.05, 3.63) is 35.1 Å². The van der Waals surface area contributed by atoms with Gasteiger partial charge in [-0.25, -0.2) is 4.39 Å². The van der Waals surface area contributed by atoms with Crippen molar-refractivity contribution in [2.45, 2.75) is 25.4 Å². The van der Waals surface area contributed by atoms with Crippen LogP contribution in [-0.2, 0) is 6.54 Å². The van der Waals surface area contributed by atoms with E-state index in [1.807, 2.05) is 0 Å². The lowest BCUT2D eigenvalue weighted by Gasteiger charge is -2.21. The maximum atomic E-state index is 13.3. The largest absolute Gasteiger partial charge is 0.395 e. The lowest BCUT2D eigenvalue weighted by molar-refractivity contribution is 0.183. The van der Waals surface area contributed by atoms with E-state index in [1.165, 1.54) is 25.0 Å². The van der Waals surface area contributed by atoms with Crippen molar-refractivity contribution >= 4 is 0 Å². The highest BCUT2D eigenvalue weighted by Crippen LogP contribution is 2.28. The maximum absolute atomic E-state index is 13.3. The van der Waals surface area contributed by atoms with Gasteiger partial charge in [0, 0.05) is 24.7 Å². The van der Waals surface area contributed by atoms with Gasteiger partial charge in [-0.1, -0.05) is 17.9 Å². The van der Waals surface area contributed by atoms with Crippen molar-refractivity contribution < 1.29 is 9.50 Å². The first-order valence-electron chi connectivity index (χ1n) is 6.57. The van der Waals surface area contributed by atoms with Crippen LogP contribution in [0.5, 0.6) is 0 Å². The van der Waals surface area contributed by atoms with Crippen molar-refractivity contribution in [2.24, 2.45) is 5.73 Å². The van der Waals surface area contributed by atoms with Crippen LogP contribution < -0.4 is 5.73 Å². The molecule has 1 aliphatic carbocycles. The Bertz CT molecular complexity index is 489. The summed E-state index contributed by atoms with van der Waals surface area (Å²) in [6, 6.07) is 5.21. The van der Waals surface area contributed by atoms with Gasteiger partial charge in [0.2, 0.25) is 0 Å². The van der Waals surface area contributed by atoms with Crippen molar-refractivity contribution in [2.75, 3.05) is 19.7 Å². The van der Waals surface area contributed by atoms with Crippen LogP contribution in [0.4, 0.5) is 4.39 Å². The summed E-state index contributed by atoms with van der Waals surface area (Å²) in [7, 11) is 0. The highest BCUT2D eigenvalue weighted by molar-refractivity contribution is 5.42. The highest BCUT2D eigenvalue weighted by atomic mass is 19.1. The average molecular weight is 262 g/mol. The van der Waals surface area contributed by atoms with Crippen LogP contribution in [-0.4, -0.2) is 35.7 Å². The minimum absolute atomic E-state index is 0.140. The van der Waals surface area contributed by atoms with Crippen LogP contribution in [0.25, 0.3) is 0 Å². The number of hydrogen-bond donors (Lipinski definition) is 2. The molecule has 1 saturated carbocycles. The van der Waals surface area contributed by atoms with Crippen LogP contribution in [0.15, 0.2) is 18.2 Å². The topological polar surface area (TPSA) is 49.5 Å². The summed E-state index contributed by atoms with van der Waals surface area (Å²) in [6.07, 6.45) is 2.34. The molecule has 0 atom stereocenters.